The third kappa shape index (κ3) is 3.13. The average molecular weight is 192 g/mol. The van der Waals surface area contributed by atoms with Crippen molar-refractivity contribution in [2.75, 3.05) is 34.7 Å². The van der Waals surface area contributed by atoms with Gasteiger partial charge in [-0.05, 0) is 33.8 Å². The van der Waals surface area contributed by atoms with Crippen molar-refractivity contribution in [3.05, 3.63) is 35.9 Å². The topological polar surface area (TPSA) is 6.48 Å². The normalized spacial score (nSPS) is 13.6. The van der Waals surface area contributed by atoms with Gasteiger partial charge in [-0.3, -0.25) is 0 Å². The van der Waals surface area contributed by atoms with Crippen molar-refractivity contribution < 1.29 is 0 Å². The molecule has 78 valence electrons. The van der Waals surface area contributed by atoms with Gasteiger partial charge in [0, 0.05) is 12.6 Å². The molecule has 1 atom stereocenters. The molecule has 0 radical (unpaired) electrons. The summed E-state index contributed by atoms with van der Waals surface area (Å²) in [6, 6.07) is 11.1. The Morgan fingerprint density at radius 2 is 1.57 bits per heavy atom. The summed E-state index contributed by atoms with van der Waals surface area (Å²) in [5, 5.41) is 0. The van der Waals surface area contributed by atoms with E-state index in [9.17, 15) is 0 Å². The van der Waals surface area contributed by atoms with Gasteiger partial charge in [0.1, 0.15) is 0 Å². The van der Waals surface area contributed by atoms with E-state index in [0.29, 0.717) is 6.04 Å². The molecule has 1 rings (SSSR count). The van der Waals surface area contributed by atoms with Crippen molar-refractivity contribution in [2.24, 2.45) is 0 Å². The van der Waals surface area contributed by atoms with Gasteiger partial charge < -0.3 is 9.80 Å². The molecule has 14 heavy (non-hydrogen) atoms. The molecule has 0 fully saturated rings. The molecule has 0 saturated carbocycles. The van der Waals surface area contributed by atoms with Crippen LogP contribution in [0.4, 0.5) is 0 Å². The van der Waals surface area contributed by atoms with E-state index in [1.54, 1.807) is 0 Å². The van der Waals surface area contributed by atoms with E-state index in [4.69, 9.17) is 0 Å². The van der Waals surface area contributed by atoms with Crippen LogP contribution in [0.1, 0.15) is 11.6 Å². The third-order valence-corrected chi connectivity index (χ3v) is 2.35. The zero-order valence-electron chi connectivity index (χ0n) is 9.57. The molecule has 0 aromatic heterocycles. The number of rotatable bonds is 4. The number of benzene rings is 1. The van der Waals surface area contributed by atoms with Crippen molar-refractivity contribution in [2.45, 2.75) is 6.04 Å². The Labute approximate surface area is 87.1 Å². The van der Waals surface area contributed by atoms with E-state index >= 15 is 0 Å². The highest BCUT2D eigenvalue weighted by Gasteiger charge is 2.13. The first-order valence-corrected chi connectivity index (χ1v) is 4.97. The summed E-state index contributed by atoms with van der Waals surface area (Å²) in [6.07, 6.45) is 0. The predicted octanol–water partition coefficient (Wildman–Crippen LogP) is 1.85. The predicted molar refractivity (Wildman–Crippen MR) is 61.4 cm³/mol. The lowest BCUT2D eigenvalue weighted by Gasteiger charge is -2.27. The maximum absolute atomic E-state index is 2.26. The van der Waals surface area contributed by atoms with Crippen LogP contribution in [0, 0.1) is 0 Å². The molecule has 1 unspecified atom stereocenters. The first-order valence-electron chi connectivity index (χ1n) is 4.97. The van der Waals surface area contributed by atoms with Crippen LogP contribution in [0.5, 0.6) is 0 Å². The standard InChI is InChI=1S/C12H20N2/c1-13(2)10-12(14(3)4)11-8-6-5-7-9-11/h5-9,12H,10H2,1-4H3. The van der Waals surface area contributed by atoms with Crippen LogP contribution in [-0.2, 0) is 0 Å². The summed E-state index contributed by atoms with van der Waals surface area (Å²) in [7, 11) is 8.47. The average Bonchev–Trinajstić information content (AvgIpc) is 2.15. The fraction of sp³-hybridized carbons (Fsp3) is 0.500. The Hall–Kier alpha value is -0.860. The highest BCUT2D eigenvalue weighted by molar-refractivity contribution is 5.19. The van der Waals surface area contributed by atoms with Crippen LogP contribution < -0.4 is 0 Å². The Balaban J connectivity index is 2.78. The Kier molecular flexibility index (Phi) is 4.11. The van der Waals surface area contributed by atoms with Crippen LogP contribution in [0.2, 0.25) is 0 Å². The van der Waals surface area contributed by atoms with E-state index in [0.717, 1.165) is 6.54 Å². The van der Waals surface area contributed by atoms with Crippen molar-refractivity contribution in [3.8, 4) is 0 Å². The molecule has 0 amide bonds. The van der Waals surface area contributed by atoms with Crippen LogP contribution >= 0.6 is 0 Å². The molecule has 2 nitrogen and oxygen atoms in total. The Morgan fingerprint density at radius 3 is 2.00 bits per heavy atom. The summed E-state index contributed by atoms with van der Waals surface area (Å²) in [6.45, 7) is 1.05. The minimum atomic E-state index is 0.478. The molecule has 0 aliphatic carbocycles. The highest BCUT2D eigenvalue weighted by atomic mass is 15.2. The van der Waals surface area contributed by atoms with E-state index in [1.165, 1.54) is 5.56 Å². The van der Waals surface area contributed by atoms with Gasteiger partial charge in [-0.1, -0.05) is 30.3 Å². The number of hydrogen-bond donors (Lipinski definition) is 0. The van der Waals surface area contributed by atoms with Crippen molar-refractivity contribution in [3.63, 3.8) is 0 Å². The first-order chi connectivity index (χ1) is 6.61. The van der Waals surface area contributed by atoms with Crippen LogP contribution in [0.25, 0.3) is 0 Å². The van der Waals surface area contributed by atoms with Gasteiger partial charge in [0.05, 0.1) is 0 Å². The van der Waals surface area contributed by atoms with Crippen molar-refractivity contribution in [1.82, 2.24) is 9.80 Å². The number of nitrogens with zero attached hydrogens (tertiary/aromatic N) is 2. The largest absolute Gasteiger partial charge is 0.308 e. The van der Waals surface area contributed by atoms with E-state index in [2.05, 4.69) is 68.3 Å². The molecular formula is C12H20N2. The SMILES string of the molecule is CN(C)CC(c1ccccc1)N(C)C. The minimum absolute atomic E-state index is 0.478. The number of hydrogen-bond acceptors (Lipinski definition) is 2. The molecular weight excluding hydrogens is 172 g/mol. The molecule has 0 aliphatic rings. The van der Waals surface area contributed by atoms with E-state index in [-0.39, 0.29) is 0 Å². The quantitative estimate of drug-likeness (QED) is 0.718. The fourth-order valence-electron chi connectivity index (χ4n) is 1.59. The second kappa shape index (κ2) is 5.13. The third-order valence-electron chi connectivity index (χ3n) is 2.35. The summed E-state index contributed by atoms with van der Waals surface area (Å²) >= 11 is 0. The van der Waals surface area contributed by atoms with Gasteiger partial charge in [-0.25, -0.2) is 0 Å². The maximum Gasteiger partial charge on any atom is 0.0469 e. The molecule has 0 aliphatic heterocycles. The Bertz CT molecular complexity index is 254. The van der Waals surface area contributed by atoms with Crippen LogP contribution in [0.15, 0.2) is 30.3 Å². The monoisotopic (exact) mass is 192 g/mol. The lowest BCUT2D eigenvalue weighted by atomic mass is 10.1. The van der Waals surface area contributed by atoms with Crippen molar-refractivity contribution in [1.29, 1.82) is 0 Å². The second-order valence-electron chi connectivity index (χ2n) is 4.15. The lowest BCUT2D eigenvalue weighted by molar-refractivity contribution is 0.231. The van der Waals surface area contributed by atoms with Gasteiger partial charge >= 0.3 is 0 Å². The number of likely N-dealkylation sites (N-methyl/N-ethyl adjacent to an activating group) is 2. The molecule has 2 heteroatoms. The molecule has 0 heterocycles. The Morgan fingerprint density at radius 1 is 1.00 bits per heavy atom. The van der Waals surface area contributed by atoms with E-state index in [1.807, 2.05) is 0 Å². The summed E-state index contributed by atoms with van der Waals surface area (Å²) in [4.78, 5) is 4.48. The summed E-state index contributed by atoms with van der Waals surface area (Å²) < 4.78 is 0. The second-order valence-corrected chi connectivity index (χ2v) is 4.15. The zero-order chi connectivity index (χ0) is 10.6. The van der Waals surface area contributed by atoms with Gasteiger partial charge in [-0.15, -0.1) is 0 Å². The molecule has 0 bridgehead atoms. The molecule has 0 spiro atoms. The molecule has 0 saturated heterocycles. The summed E-state index contributed by atoms with van der Waals surface area (Å²) in [5.74, 6) is 0. The van der Waals surface area contributed by atoms with Crippen LogP contribution in [-0.4, -0.2) is 44.5 Å². The maximum atomic E-state index is 2.26. The minimum Gasteiger partial charge on any atom is -0.308 e. The fourth-order valence-corrected chi connectivity index (χ4v) is 1.59. The van der Waals surface area contributed by atoms with Crippen molar-refractivity contribution >= 4 is 0 Å². The first kappa shape index (κ1) is 11.2. The van der Waals surface area contributed by atoms with Gasteiger partial charge in [0.15, 0.2) is 0 Å². The molecule has 0 N–H and O–H groups in total. The van der Waals surface area contributed by atoms with Gasteiger partial charge in [0.25, 0.3) is 0 Å². The zero-order valence-corrected chi connectivity index (χ0v) is 9.57. The smallest absolute Gasteiger partial charge is 0.0469 e. The highest BCUT2D eigenvalue weighted by Crippen LogP contribution is 2.17. The summed E-state index contributed by atoms with van der Waals surface area (Å²) in [5.41, 5.74) is 1.38. The van der Waals surface area contributed by atoms with E-state index < -0.39 is 0 Å². The molecule has 1 aromatic carbocycles. The molecule has 1 aromatic rings. The lowest BCUT2D eigenvalue weighted by Crippen LogP contribution is -2.30. The van der Waals surface area contributed by atoms with Crippen LogP contribution in [0.3, 0.4) is 0 Å². The van der Waals surface area contributed by atoms with Gasteiger partial charge in [-0.2, -0.15) is 0 Å². The van der Waals surface area contributed by atoms with Gasteiger partial charge in [0.2, 0.25) is 0 Å².